The molecule has 0 aliphatic rings. The third kappa shape index (κ3) is 19.3. The Balaban J connectivity index is 0. The molecule has 1 aromatic carbocycles. The number of carbonyl (C=O) groups is 2. The molecule has 1 aromatic rings. The van der Waals surface area contributed by atoms with Crippen molar-refractivity contribution in [3.05, 3.63) is 23.8 Å². The lowest BCUT2D eigenvalue weighted by atomic mass is 10.1. The average Bonchev–Trinajstić information content (AvgIpc) is 2.92. The molecule has 0 aliphatic heterocycles. The molecule has 0 saturated heterocycles. The number of esters is 1. The Morgan fingerprint density at radius 3 is 2.08 bits per heavy atom. The Labute approximate surface area is 240 Å². The number of hydrogen-bond donors (Lipinski definition) is 1. The standard InChI is InChI=1S/C24H39N3O3.C6H15N.C2H6/c1-18(2)12-15-27(16-13-19(3)4)24(29)20-10-11-21(22(17-20)26(5)6)25-14-8-9-23(28)30-7;1-3-4-5-6-7-2;1-2/h10-11,14,17-19H,8-9,12-13,15-16H2,1-7H3;7H,3-6H2,1-2H3;1-2H3. The molecule has 7 nitrogen and oxygen atoms in total. The first kappa shape index (κ1) is 38.7. The van der Waals surface area contributed by atoms with E-state index in [1.54, 1.807) is 6.21 Å². The van der Waals surface area contributed by atoms with Crippen LogP contribution in [-0.2, 0) is 9.53 Å². The van der Waals surface area contributed by atoms with Crippen LogP contribution in [0.2, 0.25) is 0 Å². The van der Waals surface area contributed by atoms with E-state index in [1.165, 1.54) is 32.9 Å². The van der Waals surface area contributed by atoms with Crippen molar-refractivity contribution < 1.29 is 14.3 Å². The molecule has 0 spiro atoms. The summed E-state index contributed by atoms with van der Waals surface area (Å²) in [6.07, 6.45) is 8.53. The Bertz CT molecular complexity index is 776. The molecule has 0 fully saturated rings. The van der Waals surface area contributed by atoms with Gasteiger partial charge in [0.2, 0.25) is 0 Å². The fourth-order valence-corrected chi connectivity index (χ4v) is 3.45. The minimum atomic E-state index is -0.252. The molecule has 1 rings (SSSR count). The van der Waals surface area contributed by atoms with E-state index in [4.69, 9.17) is 0 Å². The number of methoxy groups -OCH3 is 1. The second kappa shape index (κ2) is 24.6. The summed E-state index contributed by atoms with van der Waals surface area (Å²) in [6, 6.07) is 5.63. The van der Waals surface area contributed by atoms with Crippen LogP contribution in [0.15, 0.2) is 23.2 Å². The van der Waals surface area contributed by atoms with E-state index in [0.29, 0.717) is 30.2 Å². The van der Waals surface area contributed by atoms with Gasteiger partial charge in [0.1, 0.15) is 0 Å². The molecule has 7 heteroatoms. The molecule has 39 heavy (non-hydrogen) atoms. The van der Waals surface area contributed by atoms with Crippen molar-refractivity contribution >= 4 is 29.5 Å². The van der Waals surface area contributed by atoms with Gasteiger partial charge in [0, 0.05) is 39.0 Å². The Morgan fingerprint density at radius 1 is 1.03 bits per heavy atom. The lowest BCUT2D eigenvalue weighted by Gasteiger charge is -2.25. The van der Waals surface area contributed by atoms with E-state index in [1.807, 2.05) is 63.0 Å². The van der Waals surface area contributed by atoms with E-state index >= 15 is 0 Å². The number of aliphatic imine (C=N–C) groups is 1. The van der Waals surface area contributed by atoms with Crippen molar-refractivity contribution in [3.63, 3.8) is 0 Å². The first-order chi connectivity index (χ1) is 18.6. The number of ether oxygens (including phenoxy) is 1. The van der Waals surface area contributed by atoms with Gasteiger partial charge in [-0.05, 0) is 69.3 Å². The summed E-state index contributed by atoms with van der Waals surface area (Å²) >= 11 is 0. The summed E-state index contributed by atoms with van der Waals surface area (Å²) in [6.45, 7) is 17.7. The average molecular weight is 549 g/mol. The van der Waals surface area contributed by atoms with Gasteiger partial charge in [-0.1, -0.05) is 61.3 Å². The number of benzene rings is 1. The van der Waals surface area contributed by atoms with Gasteiger partial charge in [-0.25, -0.2) is 0 Å². The van der Waals surface area contributed by atoms with Gasteiger partial charge < -0.3 is 19.9 Å². The largest absolute Gasteiger partial charge is 0.469 e. The highest BCUT2D eigenvalue weighted by molar-refractivity contribution is 5.96. The molecule has 226 valence electrons. The third-order valence-electron chi connectivity index (χ3n) is 5.91. The molecule has 0 radical (unpaired) electrons. The number of unbranched alkanes of at least 4 members (excludes halogenated alkanes) is 2. The maximum atomic E-state index is 13.2. The van der Waals surface area contributed by atoms with Crippen molar-refractivity contribution in [2.45, 2.75) is 93.4 Å². The second-order valence-corrected chi connectivity index (χ2v) is 10.5. The molecule has 1 amide bonds. The first-order valence-corrected chi connectivity index (χ1v) is 14.9. The minimum absolute atomic E-state index is 0.0700. The summed E-state index contributed by atoms with van der Waals surface area (Å²) in [5, 5.41) is 3.10. The highest BCUT2D eigenvalue weighted by atomic mass is 16.5. The van der Waals surface area contributed by atoms with Crippen LogP contribution in [0.4, 0.5) is 11.4 Å². The van der Waals surface area contributed by atoms with Gasteiger partial charge >= 0.3 is 5.97 Å². The van der Waals surface area contributed by atoms with Gasteiger partial charge in [0.05, 0.1) is 24.9 Å². The summed E-state index contributed by atoms with van der Waals surface area (Å²) < 4.78 is 4.65. The van der Waals surface area contributed by atoms with Crippen LogP contribution in [0.25, 0.3) is 0 Å². The molecule has 1 N–H and O–H groups in total. The van der Waals surface area contributed by atoms with Crippen molar-refractivity contribution in [2.24, 2.45) is 16.8 Å². The van der Waals surface area contributed by atoms with E-state index in [-0.39, 0.29) is 11.9 Å². The molecule has 0 saturated carbocycles. The Kier molecular flexibility index (Phi) is 24.5. The number of anilines is 1. The number of nitrogens with zero attached hydrogens (tertiary/aromatic N) is 3. The molecular formula is C32H60N4O3. The van der Waals surface area contributed by atoms with Crippen LogP contribution < -0.4 is 10.2 Å². The maximum absolute atomic E-state index is 13.2. The third-order valence-corrected chi connectivity index (χ3v) is 5.91. The van der Waals surface area contributed by atoms with Crippen LogP contribution >= 0.6 is 0 Å². The van der Waals surface area contributed by atoms with E-state index in [0.717, 1.165) is 37.3 Å². The highest BCUT2D eigenvalue weighted by Crippen LogP contribution is 2.29. The van der Waals surface area contributed by atoms with Gasteiger partial charge in [-0.3, -0.25) is 14.6 Å². The summed E-state index contributed by atoms with van der Waals surface area (Å²) in [4.78, 5) is 32.9. The van der Waals surface area contributed by atoms with Crippen molar-refractivity contribution in [1.29, 1.82) is 0 Å². The number of amides is 1. The zero-order valence-corrected chi connectivity index (χ0v) is 27.1. The van der Waals surface area contributed by atoms with Crippen molar-refractivity contribution in [1.82, 2.24) is 10.2 Å². The zero-order valence-electron chi connectivity index (χ0n) is 27.1. The van der Waals surface area contributed by atoms with Crippen LogP contribution in [-0.4, -0.2) is 70.9 Å². The molecule has 0 aromatic heterocycles. The van der Waals surface area contributed by atoms with E-state index in [2.05, 4.69) is 49.7 Å². The lowest BCUT2D eigenvalue weighted by Crippen LogP contribution is -2.34. The topological polar surface area (TPSA) is 74.2 Å². The Morgan fingerprint density at radius 2 is 1.62 bits per heavy atom. The van der Waals surface area contributed by atoms with Gasteiger partial charge in [-0.15, -0.1) is 0 Å². The quantitative estimate of drug-likeness (QED) is 0.133. The molecule has 0 heterocycles. The maximum Gasteiger partial charge on any atom is 0.305 e. The van der Waals surface area contributed by atoms with Crippen molar-refractivity contribution in [2.75, 3.05) is 52.8 Å². The number of carbonyl (C=O) groups excluding carboxylic acids is 2. The monoisotopic (exact) mass is 548 g/mol. The summed E-state index contributed by atoms with van der Waals surface area (Å²) in [5.74, 6) is 0.926. The first-order valence-electron chi connectivity index (χ1n) is 14.9. The Hall–Kier alpha value is -2.41. The second-order valence-electron chi connectivity index (χ2n) is 10.5. The van der Waals surface area contributed by atoms with Crippen LogP contribution in [0.3, 0.4) is 0 Å². The summed E-state index contributed by atoms with van der Waals surface area (Å²) in [7, 11) is 7.25. The van der Waals surface area contributed by atoms with Crippen LogP contribution in [0.1, 0.15) is 104 Å². The van der Waals surface area contributed by atoms with E-state index in [9.17, 15) is 9.59 Å². The smallest absolute Gasteiger partial charge is 0.305 e. The van der Waals surface area contributed by atoms with Gasteiger partial charge in [0.25, 0.3) is 5.91 Å². The fraction of sp³-hybridized carbons (Fsp3) is 0.719. The summed E-state index contributed by atoms with van der Waals surface area (Å²) in [5.41, 5.74) is 2.33. The molecule has 0 bridgehead atoms. The van der Waals surface area contributed by atoms with E-state index < -0.39 is 0 Å². The predicted octanol–water partition coefficient (Wildman–Crippen LogP) is 7.36. The van der Waals surface area contributed by atoms with Crippen LogP contribution in [0.5, 0.6) is 0 Å². The lowest BCUT2D eigenvalue weighted by molar-refractivity contribution is -0.140. The molecule has 0 unspecified atom stereocenters. The van der Waals surface area contributed by atoms with Gasteiger partial charge in [-0.2, -0.15) is 0 Å². The number of rotatable bonds is 16. The number of hydrogen-bond acceptors (Lipinski definition) is 6. The molecule has 0 atom stereocenters. The number of nitrogens with one attached hydrogen (secondary N) is 1. The predicted molar refractivity (Wildman–Crippen MR) is 170 cm³/mol. The fourth-order valence-electron chi connectivity index (χ4n) is 3.45. The SMILES string of the molecule is CC.CCCCCNC.COC(=O)CCC=Nc1ccc(C(=O)N(CCC(C)C)CCC(C)C)cc1N(C)C. The highest BCUT2D eigenvalue weighted by Gasteiger charge is 2.18. The normalized spacial score (nSPS) is 10.6. The van der Waals surface area contributed by atoms with Crippen molar-refractivity contribution in [3.8, 4) is 0 Å². The molecular weight excluding hydrogens is 488 g/mol. The van der Waals surface area contributed by atoms with Crippen LogP contribution in [0, 0.1) is 11.8 Å². The zero-order chi connectivity index (χ0) is 30.2. The van der Waals surface area contributed by atoms with Gasteiger partial charge in [0.15, 0.2) is 0 Å². The minimum Gasteiger partial charge on any atom is -0.469 e. The molecule has 0 aliphatic carbocycles.